The largest absolute Gasteiger partial charge is 0.329 e. The first-order chi connectivity index (χ1) is 4.48. The zero-order valence-corrected chi connectivity index (χ0v) is 7.57. The fourth-order valence-corrected chi connectivity index (χ4v) is 0.553. The zero-order valence-electron chi connectivity index (χ0n) is 7.57. The van der Waals surface area contributed by atoms with Crippen molar-refractivity contribution in [3.8, 4) is 0 Å². The van der Waals surface area contributed by atoms with Crippen molar-refractivity contribution in [2.75, 3.05) is 13.1 Å². The van der Waals surface area contributed by atoms with Crippen LogP contribution in [0.5, 0.6) is 0 Å². The molecule has 0 spiro atoms. The van der Waals surface area contributed by atoms with Gasteiger partial charge in [-0.2, -0.15) is 0 Å². The Morgan fingerprint density at radius 3 is 2.20 bits per heavy atom. The van der Waals surface area contributed by atoms with Crippen LogP contribution in [0, 0.1) is 5.92 Å². The Hall–Kier alpha value is -0.0800. The molecule has 62 valence electrons. The summed E-state index contributed by atoms with van der Waals surface area (Å²) in [5, 5.41) is 3.38. The summed E-state index contributed by atoms with van der Waals surface area (Å²) >= 11 is 0. The van der Waals surface area contributed by atoms with Gasteiger partial charge in [-0.1, -0.05) is 13.8 Å². The molecule has 0 unspecified atom stereocenters. The molecule has 0 heterocycles. The van der Waals surface area contributed by atoms with E-state index in [-0.39, 0.29) is 5.54 Å². The maximum atomic E-state index is 5.53. The molecule has 0 radical (unpaired) electrons. The first kappa shape index (κ1) is 9.92. The lowest BCUT2D eigenvalue weighted by molar-refractivity contribution is 0.372. The highest BCUT2D eigenvalue weighted by Crippen LogP contribution is 1.99. The van der Waals surface area contributed by atoms with E-state index >= 15 is 0 Å². The van der Waals surface area contributed by atoms with Gasteiger partial charge in [-0.25, -0.2) is 0 Å². The van der Waals surface area contributed by atoms with Crippen molar-refractivity contribution in [1.82, 2.24) is 5.32 Å². The summed E-state index contributed by atoms with van der Waals surface area (Å²) in [5.41, 5.74) is 5.63. The maximum Gasteiger partial charge on any atom is 0.0247 e. The van der Waals surface area contributed by atoms with Crippen LogP contribution in [0.4, 0.5) is 0 Å². The van der Waals surface area contributed by atoms with Gasteiger partial charge in [0.2, 0.25) is 0 Å². The third kappa shape index (κ3) is 4.77. The summed E-state index contributed by atoms with van der Waals surface area (Å²) in [4.78, 5) is 0. The second-order valence-electron chi connectivity index (χ2n) is 3.86. The number of hydrogen-bond donors (Lipinski definition) is 2. The van der Waals surface area contributed by atoms with Gasteiger partial charge in [0.15, 0.2) is 0 Å². The molecule has 0 aliphatic heterocycles. The summed E-state index contributed by atoms with van der Waals surface area (Å²) in [6.07, 6.45) is 0. The Balaban J connectivity index is 3.46. The van der Waals surface area contributed by atoms with Crippen LogP contribution in [0.15, 0.2) is 0 Å². The van der Waals surface area contributed by atoms with E-state index in [0.29, 0.717) is 12.5 Å². The van der Waals surface area contributed by atoms with E-state index in [2.05, 4.69) is 33.0 Å². The highest BCUT2D eigenvalue weighted by atomic mass is 15.0. The van der Waals surface area contributed by atoms with Crippen molar-refractivity contribution in [3.63, 3.8) is 0 Å². The number of nitrogens with one attached hydrogen (secondary N) is 1. The molecule has 10 heavy (non-hydrogen) atoms. The Bertz CT molecular complexity index is 87.3. The van der Waals surface area contributed by atoms with Gasteiger partial charge in [-0.3, -0.25) is 0 Å². The lowest BCUT2D eigenvalue weighted by Gasteiger charge is -2.25. The second kappa shape index (κ2) is 3.94. The van der Waals surface area contributed by atoms with E-state index in [1.165, 1.54) is 0 Å². The maximum absolute atomic E-state index is 5.53. The summed E-state index contributed by atoms with van der Waals surface area (Å²) in [5.74, 6) is 0.700. The van der Waals surface area contributed by atoms with Crippen molar-refractivity contribution in [3.05, 3.63) is 0 Å². The predicted octanol–water partition coefficient (Wildman–Crippen LogP) is 0.969. The minimum absolute atomic E-state index is 0.101. The van der Waals surface area contributed by atoms with Crippen LogP contribution in [-0.4, -0.2) is 18.6 Å². The van der Waals surface area contributed by atoms with Gasteiger partial charge in [0.05, 0.1) is 0 Å². The van der Waals surface area contributed by atoms with Crippen LogP contribution in [0.25, 0.3) is 0 Å². The van der Waals surface area contributed by atoms with Gasteiger partial charge in [0.1, 0.15) is 0 Å². The molecule has 0 aromatic heterocycles. The summed E-state index contributed by atoms with van der Waals surface area (Å²) in [7, 11) is 0. The fraction of sp³-hybridized carbons (Fsp3) is 1.00. The molecule has 0 saturated heterocycles. The quantitative estimate of drug-likeness (QED) is 0.617. The minimum atomic E-state index is 0.101. The van der Waals surface area contributed by atoms with Crippen LogP contribution < -0.4 is 11.1 Å². The molecule has 0 atom stereocenters. The Kier molecular flexibility index (Phi) is 3.91. The molecule has 2 nitrogen and oxygen atoms in total. The third-order valence-electron chi connectivity index (χ3n) is 1.50. The van der Waals surface area contributed by atoms with Gasteiger partial charge in [-0.15, -0.1) is 0 Å². The summed E-state index contributed by atoms with van der Waals surface area (Å²) in [6, 6.07) is 0. The fourth-order valence-electron chi connectivity index (χ4n) is 0.553. The molecule has 2 heteroatoms. The first-order valence-corrected chi connectivity index (χ1v) is 3.93. The van der Waals surface area contributed by atoms with Crippen LogP contribution in [-0.2, 0) is 0 Å². The monoisotopic (exact) mass is 144 g/mol. The zero-order chi connectivity index (χ0) is 8.20. The topological polar surface area (TPSA) is 38.0 Å². The van der Waals surface area contributed by atoms with Crippen molar-refractivity contribution in [1.29, 1.82) is 0 Å². The molecule has 0 aromatic carbocycles. The molecule has 0 saturated carbocycles. The van der Waals surface area contributed by atoms with Crippen LogP contribution >= 0.6 is 0 Å². The molecule has 0 amide bonds. The SMILES string of the molecule is CC(C)CNC(C)(C)CN. The highest BCUT2D eigenvalue weighted by Gasteiger charge is 2.13. The third-order valence-corrected chi connectivity index (χ3v) is 1.50. The van der Waals surface area contributed by atoms with E-state index in [4.69, 9.17) is 5.73 Å². The van der Waals surface area contributed by atoms with Crippen LogP contribution in [0.2, 0.25) is 0 Å². The van der Waals surface area contributed by atoms with E-state index in [0.717, 1.165) is 6.54 Å². The molecule has 0 bridgehead atoms. The van der Waals surface area contributed by atoms with Crippen molar-refractivity contribution >= 4 is 0 Å². The van der Waals surface area contributed by atoms with Crippen LogP contribution in [0.3, 0.4) is 0 Å². The molecule has 0 fully saturated rings. The van der Waals surface area contributed by atoms with E-state index < -0.39 is 0 Å². The van der Waals surface area contributed by atoms with Gasteiger partial charge in [-0.05, 0) is 26.3 Å². The normalized spacial score (nSPS) is 12.6. The van der Waals surface area contributed by atoms with Gasteiger partial charge >= 0.3 is 0 Å². The van der Waals surface area contributed by atoms with E-state index in [9.17, 15) is 0 Å². The Morgan fingerprint density at radius 1 is 1.40 bits per heavy atom. The van der Waals surface area contributed by atoms with Gasteiger partial charge < -0.3 is 11.1 Å². The molecule has 0 aliphatic carbocycles. The molecule has 3 N–H and O–H groups in total. The average Bonchev–Trinajstić information content (AvgIpc) is 1.85. The lowest BCUT2D eigenvalue weighted by Crippen LogP contribution is -2.47. The van der Waals surface area contributed by atoms with Crippen LogP contribution in [0.1, 0.15) is 27.7 Å². The van der Waals surface area contributed by atoms with E-state index in [1.807, 2.05) is 0 Å². The number of rotatable bonds is 4. The number of nitrogens with two attached hydrogens (primary N) is 1. The van der Waals surface area contributed by atoms with Crippen molar-refractivity contribution < 1.29 is 0 Å². The average molecular weight is 144 g/mol. The Labute approximate surface area is 64.2 Å². The molecule has 0 aliphatic rings. The van der Waals surface area contributed by atoms with Gasteiger partial charge in [0.25, 0.3) is 0 Å². The van der Waals surface area contributed by atoms with Gasteiger partial charge in [0, 0.05) is 12.1 Å². The number of hydrogen-bond acceptors (Lipinski definition) is 2. The van der Waals surface area contributed by atoms with Crippen molar-refractivity contribution in [2.24, 2.45) is 11.7 Å². The minimum Gasteiger partial charge on any atom is -0.329 e. The molecule has 0 rings (SSSR count). The molecular weight excluding hydrogens is 124 g/mol. The summed E-state index contributed by atoms with van der Waals surface area (Å²) < 4.78 is 0. The predicted molar refractivity (Wildman–Crippen MR) is 46.0 cm³/mol. The standard InChI is InChI=1S/C8H20N2/c1-7(2)5-10-8(3,4)6-9/h7,10H,5-6,9H2,1-4H3. The van der Waals surface area contributed by atoms with Crippen molar-refractivity contribution in [2.45, 2.75) is 33.2 Å². The molecular formula is C8H20N2. The van der Waals surface area contributed by atoms with E-state index in [1.54, 1.807) is 0 Å². The highest BCUT2D eigenvalue weighted by molar-refractivity contribution is 4.78. The Morgan fingerprint density at radius 2 is 1.90 bits per heavy atom. The molecule has 0 aromatic rings. The first-order valence-electron chi connectivity index (χ1n) is 3.93. The smallest absolute Gasteiger partial charge is 0.0247 e. The lowest BCUT2D eigenvalue weighted by atomic mass is 10.1. The summed E-state index contributed by atoms with van der Waals surface area (Å²) in [6.45, 7) is 10.4. The second-order valence-corrected chi connectivity index (χ2v) is 3.86.